The van der Waals surface area contributed by atoms with Crippen molar-refractivity contribution in [3.05, 3.63) is 73.3 Å². The molecule has 0 N–H and O–H groups in total. The number of nitrogens with zero attached hydrogens (tertiary/aromatic N) is 3. The first kappa shape index (κ1) is 17.2. The Morgan fingerprint density at radius 3 is 2.58 bits per heavy atom. The van der Waals surface area contributed by atoms with E-state index in [-0.39, 0.29) is 0 Å². The van der Waals surface area contributed by atoms with Crippen LogP contribution in [0.3, 0.4) is 0 Å². The van der Waals surface area contributed by atoms with Crippen molar-refractivity contribution in [1.82, 2.24) is 4.68 Å². The maximum absolute atomic E-state index is 6.33. The fourth-order valence-corrected chi connectivity index (χ4v) is 3.51. The molecule has 0 aliphatic heterocycles. The number of aromatic nitrogens is 1. The van der Waals surface area contributed by atoms with Gasteiger partial charge in [-0.2, -0.15) is 5.10 Å². The smallest absolute Gasteiger partial charge is 0.205 e. The van der Waals surface area contributed by atoms with Gasteiger partial charge < -0.3 is 0 Å². The van der Waals surface area contributed by atoms with Crippen LogP contribution in [0.4, 0.5) is 0 Å². The Labute approximate surface area is 158 Å². The predicted octanol–water partition coefficient (Wildman–Crippen LogP) is 5.59. The zero-order valence-corrected chi connectivity index (χ0v) is 15.7. The summed E-state index contributed by atoms with van der Waals surface area (Å²) in [5, 5.41) is 8.33. The summed E-state index contributed by atoms with van der Waals surface area (Å²) in [7, 11) is 1.72. The summed E-state index contributed by atoms with van der Waals surface area (Å²) in [5.74, 6) is 0. The summed E-state index contributed by atoms with van der Waals surface area (Å²) in [6.07, 6.45) is 1.70. The van der Waals surface area contributed by atoms with Gasteiger partial charge in [0.2, 0.25) is 4.80 Å². The van der Waals surface area contributed by atoms with E-state index in [9.17, 15) is 0 Å². The first-order valence-electron chi connectivity index (χ1n) is 6.98. The molecular formula is C17H12Cl3N3S. The molecule has 24 heavy (non-hydrogen) atoms. The van der Waals surface area contributed by atoms with E-state index in [1.807, 2.05) is 35.7 Å². The van der Waals surface area contributed by atoms with Gasteiger partial charge in [0, 0.05) is 33.6 Å². The first-order valence-corrected chi connectivity index (χ1v) is 8.99. The number of hydrogen-bond donors (Lipinski definition) is 0. The van der Waals surface area contributed by atoms with Crippen LogP contribution in [0, 0.1) is 0 Å². The van der Waals surface area contributed by atoms with E-state index in [0.29, 0.717) is 15.1 Å². The van der Waals surface area contributed by atoms with Crippen LogP contribution in [0.5, 0.6) is 0 Å². The molecule has 0 radical (unpaired) electrons. The summed E-state index contributed by atoms with van der Waals surface area (Å²) in [5.41, 5.74) is 2.44. The molecule has 0 unspecified atom stereocenters. The van der Waals surface area contributed by atoms with E-state index in [4.69, 9.17) is 34.8 Å². The molecule has 3 nitrogen and oxygen atoms in total. The van der Waals surface area contributed by atoms with E-state index in [1.165, 1.54) is 11.3 Å². The Balaban J connectivity index is 2.13. The molecule has 0 fully saturated rings. The highest BCUT2D eigenvalue weighted by Gasteiger charge is 2.11. The monoisotopic (exact) mass is 395 g/mol. The molecule has 0 saturated carbocycles. The summed E-state index contributed by atoms with van der Waals surface area (Å²) >= 11 is 20.1. The standard InChI is InChI=1S/C17H12Cl3N3S/c1-21-17-23(22-9-11-4-2-3-5-14(11)19)16(10-24-17)13-8-12(18)6-7-15(13)20/h2-10H,1H3. The van der Waals surface area contributed by atoms with E-state index >= 15 is 0 Å². The molecule has 2 aromatic carbocycles. The second-order valence-electron chi connectivity index (χ2n) is 4.83. The quantitative estimate of drug-likeness (QED) is 0.517. The first-order chi connectivity index (χ1) is 11.6. The number of thiazole rings is 1. The zero-order valence-electron chi connectivity index (χ0n) is 12.6. The second kappa shape index (κ2) is 7.53. The van der Waals surface area contributed by atoms with Gasteiger partial charge in [0.05, 0.1) is 16.9 Å². The molecule has 1 heterocycles. The van der Waals surface area contributed by atoms with Gasteiger partial charge in [-0.3, -0.25) is 4.99 Å². The lowest BCUT2D eigenvalue weighted by molar-refractivity contribution is 0.848. The van der Waals surface area contributed by atoms with E-state index in [1.54, 1.807) is 30.1 Å². The summed E-state index contributed by atoms with van der Waals surface area (Å²) in [6.45, 7) is 0. The molecule has 0 atom stereocenters. The highest BCUT2D eigenvalue weighted by Crippen LogP contribution is 2.31. The fraction of sp³-hybridized carbons (Fsp3) is 0.0588. The van der Waals surface area contributed by atoms with Gasteiger partial charge in [-0.15, -0.1) is 11.3 Å². The van der Waals surface area contributed by atoms with Crippen molar-refractivity contribution in [2.24, 2.45) is 10.1 Å². The van der Waals surface area contributed by atoms with Gasteiger partial charge in [0.1, 0.15) is 0 Å². The molecule has 1 aromatic heterocycles. The van der Waals surface area contributed by atoms with E-state index in [0.717, 1.165) is 21.6 Å². The van der Waals surface area contributed by atoms with Crippen LogP contribution in [0.15, 0.2) is 57.9 Å². The number of halogens is 3. The molecule has 0 saturated heterocycles. The maximum atomic E-state index is 6.33. The predicted molar refractivity (Wildman–Crippen MR) is 104 cm³/mol. The molecule has 0 bridgehead atoms. The molecule has 0 amide bonds. The minimum Gasteiger partial charge on any atom is -0.261 e. The highest BCUT2D eigenvalue weighted by molar-refractivity contribution is 7.07. The van der Waals surface area contributed by atoms with Crippen molar-refractivity contribution in [3.63, 3.8) is 0 Å². The lowest BCUT2D eigenvalue weighted by Gasteiger charge is -2.06. The topological polar surface area (TPSA) is 29.6 Å². The molecular weight excluding hydrogens is 385 g/mol. The Kier molecular flexibility index (Phi) is 5.41. The van der Waals surface area contributed by atoms with Gasteiger partial charge in [0.25, 0.3) is 0 Å². The van der Waals surface area contributed by atoms with Crippen molar-refractivity contribution in [1.29, 1.82) is 0 Å². The van der Waals surface area contributed by atoms with Gasteiger partial charge in [-0.05, 0) is 24.3 Å². The third kappa shape index (κ3) is 3.57. The fourth-order valence-electron chi connectivity index (χ4n) is 2.14. The van der Waals surface area contributed by atoms with Crippen LogP contribution in [-0.4, -0.2) is 17.9 Å². The molecule has 3 rings (SSSR count). The minimum atomic E-state index is 0.599. The van der Waals surface area contributed by atoms with Crippen LogP contribution in [-0.2, 0) is 0 Å². The summed E-state index contributed by atoms with van der Waals surface area (Å²) in [4.78, 5) is 5.00. The molecule has 3 aromatic rings. The Morgan fingerprint density at radius 1 is 1.04 bits per heavy atom. The van der Waals surface area contributed by atoms with Gasteiger partial charge >= 0.3 is 0 Å². The van der Waals surface area contributed by atoms with E-state index < -0.39 is 0 Å². The van der Waals surface area contributed by atoms with Crippen LogP contribution in [0.2, 0.25) is 15.1 Å². The number of benzene rings is 2. The van der Waals surface area contributed by atoms with Gasteiger partial charge in [-0.1, -0.05) is 53.0 Å². The minimum absolute atomic E-state index is 0.599. The zero-order chi connectivity index (χ0) is 17.1. The SMILES string of the molecule is CN=c1scc(-c2cc(Cl)ccc2Cl)n1N=Cc1ccccc1Cl. The number of rotatable bonds is 3. The van der Waals surface area contributed by atoms with Crippen LogP contribution in [0.25, 0.3) is 11.3 Å². The summed E-state index contributed by atoms with van der Waals surface area (Å²) < 4.78 is 1.73. The van der Waals surface area contributed by atoms with Gasteiger partial charge in [-0.25, -0.2) is 4.68 Å². The van der Waals surface area contributed by atoms with Crippen molar-refractivity contribution < 1.29 is 0 Å². The molecule has 122 valence electrons. The molecule has 0 aliphatic rings. The lowest BCUT2D eigenvalue weighted by atomic mass is 10.2. The van der Waals surface area contributed by atoms with Crippen molar-refractivity contribution in [3.8, 4) is 11.3 Å². The van der Waals surface area contributed by atoms with Crippen LogP contribution in [0.1, 0.15) is 5.56 Å². The van der Waals surface area contributed by atoms with Crippen LogP contribution < -0.4 is 4.80 Å². The maximum Gasteiger partial charge on any atom is 0.205 e. The van der Waals surface area contributed by atoms with Crippen molar-refractivity contribution in [2.45, 2.75) is 0 Å². The number of hydrogen-bond acceptors (Lipinski definition) is 3. The average molecular weight is 397 g/mol. The highest BCUT2D eigenvalue weighted by atomic mass is 35.5. The Morgan fingerprint density at radius 2 is 1.83 bits per heavy atom. The second-order valence-corrected chi connectivity index (χ2v) is 6.92. The Bertz CT molecular complexity index is 973. The largest absolute Gasteiger partial charge is 0.261 e. The van der Waals surface area contributed by atoms with Crippen molar-refractivity contribution >= 4 is 52.4 Å². The van der Waals surface area contributed by atoms with Crippen LogP contribution >= 0.6 is 46.1 Å². The van der Waals surface area contributed by atoms with E-state index in [2.05, 4.69) is 10.1 Å². The molecule has 0 spiro atoms. The Hall–Kier alpha value is -1.59. The van der Waals surface area contributed by atoms with Gasteiger partial charge in [0.15, 0.2) is 0 Å². The normalized spacial score (nSPS) is 12.2. The lowest BCUT2D eigenvalue weighted by Crippen LogP contribution is -2.11. The molecule has 7 heteroatoms. The summed E-state index contributed by atoms with van der Waals surface area (Å²) in [6, 6.07) is 12.8. The van der Waals surface area contributed by atoms with Crippen molar-refractivity contribution in [2.75, 3.05) is 7.05 Å². The third-order valence-corrected chi connectivity index (χ3v) is 5.11. The molecule has 0 aliphatic carbocycles. The third-order valence-electron chi connectivity index (χ3n) is 3.30. The average Bonchev–Trinajstić information content (AvgIpc) is 2.99.